The highest BCUT2D eigenvalue weighted by atomic mass is 16.4. The summed E-state index contributed by atoms with van der Waals surface area (Å²) in [5.41, 5.74) is 3.05. The van der Waals surface area contributed by atoms with E-state index in [1.54, 1.807) is 0 Å². The summed E-state index contributed by atoms with van der Waals surface area (Å²) in [4.78, 5) is 16.2. The molecule has 4 nitrogen and oxygen atoms in total. The molecule has 1 aliphatic carbocycles. The third-order valence-electron chi connectivity index (χ3n) is 3.55. The predicted octanol–water partition coefficient (Wildman–Crippen LogP) is 2.80. The minimum absolute atomic E-state index is 0.000376. The number of aromatic nitrogens is 1. The van der Waals surface area contributed by atoms with Gasteiger partial charge in [-0.1, -0.05) is 5.57 Å². The standard InChI is InChI=1S/C14H20N2O2/c1-9(12-6-4-5-7-12)14(17)15-8-13-16-10(2)11(3)18-13/h4-8H2,1-3H3,(H,15,17). The first-order chi connectivity index (χ1) is 8.58. The van der Waals surface area contributed by atoms with Crippen LogP contribution in [0.5, 0.6) is 0 Å². The molecule has 1 aromatic rings. The Morgan fingerprint density at radius 3 is 2.56 bits per heavy atom. The fourth-order valence-corrected chi connectivity index (χ4v) is 2.24. The van der Waals surface area contributed by atoms with Crippen molar-refractivity contribution in [2.45, 2.75) is 53.0 Å². The minimum atomic E-state index is 0.000376. The number of allylic oxidation sites excluding steroid dienone is 1. The maximum absolute atomic E-state index is 12.0. The van der Waals surface area contributed by atoms with Crippen LogP contribution in [-0.4, -0.2) is 10.9 Å². The van der Waals surface area contributed by atoms with E-state index in [2.05, 4.69) is 10.3 Å². The number of carbonyl (C=O) groups is 1. The molecule has 0 saturated heterocycles. The molecule has 0 radical (unpaired) electrons. The number of aryl methyl sites for hydroxylation is 2. The molecule has 1 saturated carbocycles. The molecule has 0 bridgehead atoms. The lowest BCUT2D eigenvalue weighted by molar-refractivity contribution is -0.117. The number of rotatable bonds is 3. The van der Waals surface area contributed by atoms with Crippen LogP contribution >= 0.6 is 0 Å². The maximum atomic E-state index is 12.0. The van der Waals surface area contributed by atoms with Gasteiger partial charge in [0.15, 0.2) is 0 Å². The number of amides is 1. The average molecular weight is 248 g/mol. The van der Waals surface area contributed by atoms with Gasteiger partial charge in [0.05, 0.1) is 12.2 Å². The summed E-state index contributed by atoms with van der Waals surface area (Å²) in [6.07, 6.45) is 4.54. The summed E-state index contributed by atoms with van der Waals surface area (Å²) < 4.78 is 5.43. The number of hydrogen-bond acceptors (Lipinski definition) is 3. The van der Waals surface area contributed by atoms with E-state index in [0.717, 1.165) is 29.9 Å². The SMILES string of the molecule is CC(C(=O)NCc1nc(C)c(C)o1)=C1CCCC1. The van der Waals surface area contributed by atoms with Crippen molar-refractivity contribution in [3.63, 3.8) is 0 Å². The largest absolute Gasteiger partial charge is 0.444 e. The summed E-state index contributed by atoms with van der Waals surface area (Å²) >= 11 is 0. The van der Waals surface area contributed by atoms with Gasteiger partial charge in [-0.3, -0.25) is 4.79 Å². The van der Waals surface area contributed by atoms with Crippen molar-refractivity contribution in [3.8, 4) is 0 Å². The van der Waals surface area contributed by atoms with Crippen LogP contribution in [0.25, 0.3) is 0 Å². The van der Waals surface area contributed by atoms with E-state index in [0.29, 0.717) is 12.4 Å². The van der Waals surface area contributed by atoms with Crippen LogP contribution in [0.2, 0.25) is 0 Å². The lowest BCUT2D eigenvalue weighted by Crippen LogP contribution is -2.24. The van der Waals surface area contributed by atoms with Crippen molar-refractivity contribution in [2.75, 3.05) is 0 Å². The van der Waals surface area contributed by atoms with Gasteiger partial charge < -0.3 is 9.73 Å². The highest BCUT2D eigenvalue weighted by molar-refractivity contribution is 5.93. The van der Waals surface area contributed by atoms with Gasteiger partial charge in [-0.25, -0.2) is 4.98 Å². The smallest absolute Gasteiger partial charge is 0.247 e. The van der Waals surface area contributed by atoms with Crippen molar-refractivity contribution >= 4 is 5.91 Å². The lowest BCUT2D eigenvalue weighted by atomic mass is 10.1. The number of carbonyl (C=O) groups excluding carboxylic acids is 1. The summed E-state index contributed by atoms with van der Waals surface area (Å²) in [5.74, 6) is 1.38. The highest BCUT2D eigenvalue weighted by Gasteiger charge is 2.15. The number of nitrogens with one attached hydrogen (secondary N) is 1. The molecule has 0 atom stereocenters. The van der Waals surface area contributed by atoms with Crippen molar-refractivity contribution in [1.82, 2.24) is 10.3 Å². The van der Waals surface area contributed by atoms with Gasteiger partial charge in [-0.2, -0.15) is 0 Å². The van der Waals surface area contributed by atoms with Crippen LogP contribution in [0.15, 0.2) is 15.6 Å². The van der Waals surface area contributed by atoms with Gasteiger partial charge >= 0.3 is 0 Å². The number of hydrogen-bond donors (Lipinski definition) is 1. The number of nitrogens with zero attached hydrogens (tertiary/aromatic N) is 1. The van der Waals surface area contributed by atoms with E-state index < -0.39 is 0 Å². The molecule has 4 heteroatoms. The second kappa shape index (κ2) is 5.38. The van der Waals surface area contributed by atoms with Crippen molar-refractivity contribution in [2.24, 2.45) is 0 Å². The quantitative estimate of drug-likeness (QED) is 0.837. The molecule has 1 aromatic heterocycles. The van der Waals surface area contributed by atoms with Crippen molar-refractivity contribution in [3.05, 3.63) is 28.5 Å². The van der Waals surface area contributed by atoms with Crippen LogP contribution in [0.1, 0.15) is 50.0 Å². The van der Waals surface area contributed by atoms with Gasteiger partial charge in [0.2, 0.25) is 11.8 Å². The Bertz CT molecular complexity index is 458. The first kappa shape index (κ1) is 12.9. The van der Waals surface area contributed by atoms with Crippen LogP contribution in [-0.2, 0) is 11.3 Å². The summed E-state index contributed by atoms with van der Waals surface area (Å²) in [6.45, 7) is 6.04. The van der Waals surface area contributed by atoms with Gasteiger partial charge in [0, 0.05) is 5.57 Å². The normalized spacial score (nSPS) is 14.9. The molecular weight excluding hydrogens is 228 g/mol. The topological polar surface area (TPSA) is 55.1 Å². The van der Waals surface area contributed by atoms with Crippen LogP contribution in [0.3, 0.4) is 0 Å². The van der Waals surface area contributed by atoms with Crippen molar-refractivity contribution < 1.29 is 9.21 Å². The predicted molar refractivity (Wildman–Crippen MR) is 69.0 cm³/mol. The second-order valence-corrected chi connectivity index (χ2v) is 4.87. The van der Waals surface area contributed by atoms with E-state index in [9.17, 15) is 4.79 Å². The summed E-state index contributed by atoms with van der Waals surface area (Å²) in [7, 11) is 0. The first-order valence-electron chi connectivity index (χ1n) is 6.47. The van der Waals surface area contributed by atoms with E-state index >= 15 is 0 Å². The zero-order chi connectivity index (χ0) is 13.1. The molecule has 0 spiro atoms. The molecule has 1 N–H and O–H groups in total. The Kier molecular flexibility index (Phi) is 3.84. The van der Waals surface area contributed by atoms with Crippen molar-refractivity contribution in [1.29, 1.82) is 0 Å². The molecule has 1 heterocycles. The molecule has 2 rings (SSSR count). The second-order valence-electron chi connectivity index (χ2n) is 4.87. The van der Waals surface area contributed by atoms with Crippen LogP contribution in [0.4, 0.5) is 0 Å². The number of oxazole rings is 1. The fourth-order valence-electron chi connectivity index (χ4n) is 2.24. The molecule has 1 amide bonds. The Hall–Kier alpha value is -1.58. The Labute approximate surface area is 107 Å². The van der Waals surface area contributed by atoms with E-state index in [1.807, 2.05) is 20.8 Å². The highest BCUT2D eigenvalue weighted by Crippen LogP contribution is 2.26. The van der Waals surface area contributed by atoms with E-state index in [1.165, 1.54) is 18.4 Å². The van der Waals surface area contributed by atoms with Crippen LogP contribution in [0, 0.1) is 13.8 Å². The third kappa shape index (κ3) is 2.81. The molecule has 1 aliphatic rings. The third-order valence-corrected chi connectivity index (χ3v) is 3.55. The molecule has 98 valence electrons. The molecular formula is C14H20N2O2. The molecule has 0 aromatic carbocycles. The van der Waals surface area contributed by atoms with E-state index in [-0.39, 0.29) is 5.91 Å². The van der Waals surface area contributed by atoms with Crippen LogP contribution < -0.4 is 5.32 Å². The zero-order valence-electron chi connectivity index (χ0n) is 11.3. The van der Waals surface area contributed by atoms with E-state index in [4.69, 9.17) is 4.42 Å². The summed E-state index contributed by atoms with van der Waals surface area (Å²) in [5, 5.41) is 2.86. The zero-order valence-corrected chi connectivity index (χ0v) is 11.3. The Morgan fingerprint density at radius 2 is 2.00 bits per heavy atom. The van der Waals surface area contributed by atoms with Gasteiger partial charge in [-0.05, 0) is 46.5 Å². The Morgan fingerprint density at radius 1 is 1.33 bits per heavy atom. The van der Waals surface area contributed by atoms with Gasteiger partial charge in [0.25, 0.3) is 0 Å². The Balaban J connectivity index is 1.94. The molecule has 18 heavy (non-hydrogen) atoms. The molecule has 0 unspecified atom stereocenters. The average Bonchev–Trinajstić information content (AvgIpc) is 2.96. The fraction of sp³-hybridized carbons (Fsp3) is 0.571. The first-order valence-corrected chi connectivity index (χ1v) is 6.47. The monoisotopic (exact) mass is 248 g/mol. The van der Waals surface area contributed by atoms with Gasteiger partial charge in [0.1, 0.15) is 5.76 Å². The minimum Gasteiger partial charge on any atom is -0.444 e. The maximum Gasteiger partial charge on any atom is 0.247 e. The van der Waals surface area contributed by atoms with Gasteiger partial charge in [-0.15, -0.1) is 0 Å². The lowest BCUT2D eigenvalue weighted by Gasteiger charge is -2.06. The molecule has 0 aliphatic heterocycles. The summed E-state index contributed by atoms with van der Waals surface area (Å²) in [6, 6.07) is 0. The molecule has 1 fully saturated rings.